The van der Waals surface area contributed by atoms with Gasteiger partial charge in [0.05, 0.1) is 12.0 Å². The average molecular weight is 291 g/mol. The molecule has 114 valence electrons. The Hall–Kier alpha value is -1.42. The molecule has 2 aliphatic heterocycles. The number of benzene rings is 1. The Balaban J connectivity index is 1.82. The normalized spacial score (nSPS) is 26.3. The quantitative estimate of drug-likeness (QED) is 0.836. The average Bonchev–Trinajstić information content (AvgIpc) is 2.62. The first-order valence-electron chi connectivity index (χ1n) is 7.86. The van der Waals surface area contributed by atoms with Crippen molar-refractivity contribution in [1.29, 1.82) is 0 Å². The van der Waals surface area contributed by atoms with Crippen LogP contribution in [0.2, 0.25) is 0 Å². The summed E-state index contributed by atoms with van der Waals surface area (Å²) in [5.41, 5.74) is 0.0945. The Morgan fingerprint density at radius 1 is 1.33 bits per heavy atom. The van der Waals surface area contributed by atoms with Crippen LogP contribution in [0.3, 0.4) is 0 Å². The molecule has 1 unspecified atom stereocenters. The number of carbonyl (C=O) groups excluding carboxylic acids is 1. The van der Waals surface area contributed by atoms with Gasteiger partial charge in [0.2, 0.25) is 0 Å². The SMILES string of the molecule is CCCN1CCCC2(CC1)CC(=O)c1ccc(F)cc1O2. The minimum Gasteiger partial charge on any atom is -0.486 e. The highest BCUT2D eigenvalue weighted by Gasteiger charge is 2.41. The predicted octanol–water partition coefficient (Wildman–Crippen LogP) is 3.43. The van der Waals surface area contributed by atoms with Gasteiger partial charge < -0.3 is 9.64 Å². The molecule has 1 spiro atoms. The zero-order chi connectivity index (χ0) is 14.9. The zero-order valence-electron chi connectivity index (χ0n) is 12.5. The van der Waals surface area contributed by atoms with Gasteiger partial charge in [-0.2, -0.15) is 0 Å². The van der Waals surface area contributed by atoms with E-state index in [9.17, 15) is 9.18 Å². The van der Waals surface area contributed by atoms with E-state index in [1.165, 1.54) is 12.1 Å². The first-order chi connectivity index (χ1) is 10.1. The molecule has 0 aliphatic carbocycles. The molecule has 0 saturated carbocycles. The highest BCUT2D eigenvalue weighted by Crippen LogP contribution is 2.39. The molecule has 1 atom stereocenters. The van der Waals surface area contributed by atoms with E-state index in [-0.39, 0.29) is 11.6 Å². The van der Waals surface area contributed by atoms with E-state index in [0.717, 1.165) is 45.3 Å². The van der Waals surface area contributed by atoms with Gasteiger partial charge in [-0.25, -0.2) is 4.39 Å². The van der Waals surface area contributed by atoms with Crippen molar-refractivity contribution < 1.29 is 13.9 Å². The third kappa shape index (κ3) is 2.95. The molecule has 0 bridgehead atoms. The number of likely N-dealkylation sites (tertiary alicyclic amines) is 1. The molecule has 2 heterocycles. The standard InChI is InChI=1S/C17H22FNO2/c1-2-8-19-9-3-6-17(7-10-19)12-15(20)14-5-4-13(18)11-16(14)21-17/h4-5,11H,2-3,6-10,12H2,1H3. The van der Waals surface area contributed by atoms with Crippen LogP contribution in [0.15, 0.2) is 18.2 Å². The number of hydrogen-bond donors (Lipinski definition) is 0. The summed E-state index contributed by atoms with van der Waals surface area (Å²) in [6.45, 7) is 5.28. The first kappa shape index (κ1) is 14.5. The van der Waals surface area contributed by atoms with Crippen LogP contribution < -0.4 is 4.74 Å². The fourth-order valence-corrected chi connectivity index (χ4v) is 3.51. The summed E-state index contributed by atoms with van der Waals surface area (Å²) in [5.74, 6) is 0.162. The van der Waals surface area contributed by atoms with E-state index in [1.54, 1.807) is 6.07 Å². The maximum atomic E-state index is 13.4. The number of ketones is 1. The fraction of sp³-hybridized carbons (Fsp3) is 0.588. The van der Waals surface area contributed by atoms with Gasteiger partial charge >= 0.3 is 0 Å². The van der Waals surface area contributed by atoms with Crippen molar-refractivity contribution in [2.75, 3.05) is 19.6 Å². The molecule has 0 amide bonds. The van der Waals surface area contributed by atoms with Crippen LogP contribution >= 0.6 is 0 Å². The molecule has 4 heteroatoms. The lowest BCUT2D eigenvalue weighted by molar-refractivity contribution is 0.0298. The Kier molecular flexibility index (Phi) is 3.98. The second-order valence-electron chi connectivity index (χ2n) is 6.22. The van der Waals surface area contributed by atoms with Crippen molar-refractivity contribution in [3.05, 3.63) is 29.6 Å². The van der Waals surface area contributed by atoms with E-state index in [4.69, 9.17) is 4.74 Å². The second kappa shape index (κ2) is 5.76. The van der Waals surface area contributed by atoms with Crippen LogP contribution in [0, 0.1) is 5.82 Å². The Labute approximate surface area is 125 Å². The molecule has 1 aromatic rings. The lowest BCUT2D eigenvalue weighted by Crippen LogP contribution is -2.43. The molecule has 0 N–H and O–H groups in total. The number of rotatable bonds is 2. The monoisotopic (exact) mass is 291 g/mol. The van der Waals surface area contributed by atoms with Gasteiger partial charge in [-0.1, -0.05) is 6.92 Å². The summed E-state index contributed by atoms with van der Waals surface area (Å²) in [4.78, 5) is 14.8. The van der Waals surface area contributed by atoms with E-state index >= 15 is 0 Å². The number of nitrogens with zero attached hydrogens (tertiary/aromatic N) is 1. The summed E-state index contributed by atoms with van der Waals surface area (Å²) in [7, 11) is 0. The number of Topliss-reactive ketones (excluding diaryl/α,β-unsaturated/α-hetero) is 1. The maximum Gasteiger partial charge on any atom is 0.170 e. The first-order valence-corrected chi connectivity index (χ1v) is 7.86. The van der Waals surface area contributed by atoms with E-state index < -0.39 is 5.60 Å². The van der Waals surface area contributed by atoms with Crippen molar-refractivity contribution in [2.45, 2.75) is 44.6 Å². The predicted molar refractivity (Wildman–Crippen MR) is 79.3 cm³/mol. The number of carbonyl (C=O) groups is 1. The molecule has 1 saturated heterocycles. The van der Waals surface area contributed by atoms with Gasteiger partial charge in [-0.05, 0) is 44.5 Å². The number of ether oxygens (including phenoxy) is 1. The minimum absolute atomic E-state index is 0.0835. The van der Waals surface area contributed by atoms with E-state index in [1.807, 2.05) is 0 Å². The van der Waals surface area contributed by atoms with Gasteiger partial charge in [-0.3, -0.25) is 4.79 Å². The molecule has 1 aromatic carbocycles. The van der Waals surface area contributed by atoms with Crippen molar-refractivity contribution in [3.63, 3.8) is 0 Å². The van der Waals surface area contributed by atoms with Gasteiger partial charge in [0, 0.05) is 19.0 Å². The summed E-state index contributed by atoms with van der Waals surface area (Å²) >= 11 is 0. The molecular formula is C17H22FNO2. The van der Waals surface area contributed by atoms with Crippen LogP contribution in [-0.4, -0.2) is 35.9 Å². The highest BCUT2D eigenvalue weighted by molar-refractivity contribution is 6.00. The van der Waals surface area contributed by atoms with Crippen LogP contribution in [-0.2, 0) is 0 Å². The summed E-state index contributed by atoms with van der Waals surface area (Å²) < 4.78 is 19.6. The van der Waals surface area contributed by atoms with Crippen LogP contribution in [0.25, 0.3) is 0 Å². The van der Waals surface area contributed by atoms with Crippen LogP contribution in [0.5, 0.6) is 5.75 Å². The van der Waals surface area contributed by atoms with Crippen LogP contribution in [0.4, 0.5) is 4.39 Å². The molecule has 3 rings (SSSR count). The summed E-state index contributed by atoms with van der Waals surface area (Å²) in [5, 5.41) is 0. The second-order valence-corrected chi connectivity index (χ2v) is 6.22. The van der Waals surface area contributed by atoms with Crippen molar-refractivity contribution >= 4 is 5.78 Å². The molecule has 2 aliphatic rings. The number of halogens is 1. The lowest BCUT2D eigenvalue weighted by atomic mass is 9.84. The highest BCUT2D eigenvalue weighted by atomic mass is 19.1. The van der Waals surface area contributed by atoms with Gasteiger partial charge in [0.25, 0.3) is 0 Å². The van der Waals surface area contributed by atoms with Gasteiger partial charge in [-0.15, -0.1) is 0 Å². The third-order valence-corrected chi connectivity index (χ3v) is 4.58. The largest absolute Gasteiger partial charge is 0.486 e. The van der Waals surface area contributed by atoms with Crippen LogP contribution in [0.1, 0.15) is 49.4 Å². The smallest absolute Gasteiger partial charge is 0.170 e. The summed E-state index contributed by atoms with van der Waals surface area (Å²) in [6.07, 6.45) is 4.30. The van der Waals surface area contributed by atoms with Crippen molar-refractivity contribution in [1.82, 2.24) is 4.90 Å². The molecule has 1 fully saturated rings. The zero-order valence-corrected chi connectivity index (χ0v) is 12.5. The fourth-order valence-electron chi connectivity index (χ4n) is 3.51. The van der Waals surface area contributed by atoms with Crippen molar-refractivity contribution in [2.24, 2.45) is 0 Å². The number of hydrogen-bond acceptors (Lipinski definition) is 3. The lowest BCUT2D eigenvalue weighted by Gasteiger charge is -2.37. The minimum atomic E-state index is -0.430. The molecule has 21 heavy (non-hydrogen) atoms. The molecule has 0 radical (unpaired) electrons. The van der Waals surface area contributed by atoms with E-state index in [0.29, 0.717) is 17.7 Å². The number of fused-ring (bicyclic) bond motifs is 1. The molecule has 3 nitrogen and oxygen atoms in total. The molecule has 0 aromatic heterocycles. The van der Waals surface area contributed by atoms with E-state index in [2.05, 4.69) is 11.8 Å². The Morgan fingerprint density at radius 3 is 3.00 bits per heavy atom. The van der Waals surface area contributed by atoms with Crippen molar-refractivity contribution in [3.8, 4) is 5.75 Å². The van der Waals surface area contributed by atoms with Gasteiger partial charge in [0.1, 0.15) is 17.2 Å². The molecular weight excluding hydrogens is 269 g/mol. The summed E-state index contributed by atoms with van der Waals surface area (Å²) in [6, 6.07) is 4.22. The van der Waals surface area contributed by atoms with Gasteiger partial charge in [0.15, 0.2) is 5.78 Å². The maximum absolute atomic E-state index is 13.4. The Bertz CT molecular complexity index is 546. The topological polar surface area (TPSA) is 29.5 Å². The third-order valence-electron chi connectivity index (χ3n) is 4.58. The Morgan fingerprint density at radius 2 is 2.19 bits per heavy atom.